The fourth-order valence-electron chi connectivity index (χ4n) is 1.94. The molecule has 2 N–H and O–H groups in total. The van der Waals surface area contributed by atoms with Crippen molar-refractivity contribution >= 4 is 0 Å². The second kappa shape index (κ2) is 3.71. The molecule has 4 heteroatoms. The predicted octanol–water partition coefficient (Wildman–Crippen LogP) is 0.306. The maximum absolute atomic E-state index is 10.2. The zero-order valence-corrected chi connectivity index (χ0v) is 8.53. The van der Waals surface area contributed by atoms with E-state index in [-0.39, 0.29) is 0 Å². The minimum absolute atomic E-state index is 0.591. The van der Waals surface area contributed by atoms with Crippen molar-refractivity contribution in [1.29, 1.82) is 0 Å². The average Bonchev–Trinajstić information content (AvgIpc) is 2.51. The highest BCUT2D eigenvalue weighted by atomic mass is 16.3. The maximum Gasteiger partial charge on any atom is 0.0966 e. The Bertz CT molecular complexity index is 302. The number of rotatable bonds is 2. The molecular weight excluding hydrogens is 178 g/mol. The van der Waals surface area contributed by atoms with Gasteiger partial charge in [-0.2, -0.15) is 5.10 Å². The van der Waals surface area contributed by atoms with Crippen molar-refractivity contribution in [2.75, 3.05) is 13.1 Å². The Labute approximate surface area is 83.9 Å². The van der Waals surface area contributed by atoms with Gasteiger partial charge in [0.15, 0.2) is 0 Å². The quantitative estimate of drug-likeness (QED) is 0.714. The molecule has 1 atom stereocenters. The lowest BCUT2D eigenvalue weighted by molar-refractivity contribution is -0.00227. The summed E-state index contributed by atoms with van der Waals surface area (Å²) >= 11 is 0. The van der Waals surface area contributed by atoms with Crippen LogP contribution in [0.1, 0.15) is 18.5 Å². The van der Waals surface area contributed by atoms with Crippen molar-refractivity contribution in [3.8, 4) is 0 Å². The van der Waals surface area contributed by atoms with Crippen LogP contribution in [-0.2, 0) is 6.54 Å². The fourth-order valence-corrected chi connectivity index (χ4v) is 1.94. The Morgan fingerprint density at radius 1 is 1.71 bits per heavy atom. The number of hydrogen-bond donors (Lipinski definition) is 2. The maximum atomic E-state index is 10.2. The molecule has 78 valence electrons. The first kappa shape index (κ1) is 9.68. The van der Waals surface area contributed by atoms with Crippen LogP contribution in [0.3, 0.4) is 0 Å². The Balaban J connectivity index is 2.01. The molecule has 1 aliphatic rings. The van der Waals surface area contributed by atoms with E-state index in [1.54, 1.807) is 0 Å². The first-order valence-corrected chi connectivity index (χ1v) is 5.11. The summed E-state index contributed by atoms with van der Waals surface area (Å²) < 4.78 is 1.82. The van der Waals surface area contributed by atoms with Crippen LogP contribution < -0.4 is 5.32 Å². The number of hydrogen-bond acceptors (Lipinski definition) is 3. The van der Waals surface area contributed by atoms with E-state index in [1.807, 2.05) is 23.9 Å². The van der Waals surface area contributed by atoms with E-state index in [2.05, 4.69) is 10.4 Å². The molecule has 0 saturated carbocycles. The molecule has 2 heterocycles. The van der Waals surface area contributed by atoms with Gasteiger partial charge in [-0.1, -0.05) is 0 Å². The number of piperidine rings is 1. The van der Waals surface area contributed by atoms with Gasteiger partial charge in [-0.3, -0.25) is 4.68 Å². The molecule has 0 aliphatic carbocycles. The molecule has 0 aromatic carbocycles. The Hall–Kier alpha value is -0.870. The Morgan fingerprint density at radius 2 is 2.57 bits per heavy atom. The molecule has 0 spiro atoms. The van der Waals surface area contributed by atoms with E-state index in [9.17, 15) is 5.11 Å². The summed E-state index contributed by atoms with van der Waals surface area (Å²) in [5, 5.41) is 17.7. The molecule has 1 fully saturated rings. The first-order chi connectivity index (χ1) is 6.68. The van der Waals surface area contributed by atoms with E-state index in [0.717, 1.165) is 25.1 Å². The van der Waals surface area contributed by atoms with Gasteiger partial charge in [0.25, 0.3) is 0 Å². The molecule has 1 aromatic heterocycles. The SMILES string of the molecule is Cc1ccn(CC2(O)CCCNC2)n1. The Kier molecular flexibility index (Phi) is 2.56. The van der Waals surface area contributed by atoms with Crippen LogP contribution in [0, 0.1) is 6.92 Å². The smallest absolute Gasteiger partial charge is 0.0966 e. The standard InChI is InChI=1S/C10H17N3O/c1-9-3-6-13(12-9)8-10(14)4-2-5-11-7-10/h3,6,11,14H,2,4-5,7-8H2,1H3. The van der Waals surface area contributed by atoms with Crippen molar-refractivity contribution in [3.63, 3.8) is 0 Å². The summed E-state index contributed by atoms with van der Waals surface area (Å²) in [6.07, 6.45) is 3.82. The van der Waals surface area contributed by atoms with Crippen molar-refractivity contribution in [2.45, 2.75) is 31.9 Å². The second-order valence-electron chi connectivity index (χ2n) is 4.16. The molecule has 4 nitrogen and oxygen atoms in total. The van der Waals surface area contributed by atoms with Crippen LogP contribution in [0.15, 0.2) is 12.3 Å². The number of aryl methyl sites for hydroxylation is 1. The normalized spacial score (nSPS) is 27.9. The van der Waals surface area contributed by atoms with E-state index in [0.29, 0.717) is 13.1 Å². The molecule has 1 aromatic rings. The average molecular weight is 195 g/mol. The lowest BCUT2D eigenvalue weighted by Gasteiger charge is -2.32. The summed E-state index contributed by atoms with van der Waals surface area (Å²) in [5.74, 6) is 0. The minimum Gasteiger partial charge on any atom is -0.387 e. The highest BCUT2D eigenvalue weighted by Gasteiger charge is 2.29. The lowest BCUT2D eigenvalue weighted by atomic mass is 9.94. The number of aliphatic hydroxyl groups is 1. The van der Waals surface area contributed by atoms with Gasteiger partial charge in [0, 0.05) is 12.7 Å². The molecule has 1 unspecified atom stereocenters. The fraction of sp³-hybridized carbons (Fsp3) is 0.700. The van der Waals surface area contributed by atoms with Gasteiger partial charge in [0.05, 0.1) is 17.8 Å². The van der Waals surface area contributed by atoms with Crippen LogP contribution in [0.25, 0.3) is 0 Å². The topological polar surface area (TPSA) is 50.1 Å². The van der Waals surface area contributed by atoms with E-state index >= 15 is 0 Å². The zero-order chi connectivity index (χ0) is 10.0. The molecule has 0 radical (unpaired) electrons. The number of aromatic nitrogens is 2. The van der Waals surface area contributed by atoms with E-state index in [4.69, 9.17) is 0 Å². The zero-order valence-electron chi connectivity index (χ0n) is 8.53. The highest BCUT2D eigenvalue weighted by molar-refractivity contribution is 4.96. The first-order valence-electron chi connectivity index (χ1n) is 5.11. The van der Waals surface area contributed by atoms with E-state index in [1.165, 1.54) is 0 Å². The molecule has 14 heavy (non-hydrogen) atoms. The summed E-state index contributed by atoms with van der Waals surface area (Å²) in [6.45, 7) is 4.24. The third-order valence-corrected chi connectivity index (χ3v) is 2.68. The van der Waals surface area contributed by atoms with Crippen LogP contribution in [0.5, 0.6) is 0 Å². The summed E-state index contributed by atoms with van der Waals surface area (Å²) in [6, 6.07) is 1.96. The van der Waals surface area contributed by atoms with Gasteiger partial charge < -0.3 is 10.4 Å². The summed E-state index contributed by atoms with van der Waals surface area (Å²) in [5.41, 5.74) is 0.383. The predicted molar refractivity (Wildman–Crippen MR) is 54.0 cm³/mol. The van der Waals surface area contributed by atoms with Gasteiger partial charge in [-0.25, -0.2) is 0 Å². The molecule has 1 saturated heterocycles. The van der Waals surface area contributed by atoms with Gasteiger partial charge in [0.2, 0.25) is 0 Å². The largest absolute Gasteiger partial charge is 0.387 e. The number of nitrogens with zero attached hydrogens (tertiary/aromatic N) is 2. The second-order valence-corrected chi connectivity index (χ2v) is 4.16. The van der Waals surface area contributed by atoms with Crippen LogP contribution in [-0.4, -0.2) is 33.6 Å². The van der Waals surface area contributed by atoms with Gasteiger partial charge in [0.1, 0.15) is 0 Å². The molecule has 2 rings (SSSR count). The van der Waals surface area contributed by atoms with Crippen LogP contribution in [0.4, 0.5) is 0 Å². The Morgan fingerprint density at radius 3 is 3.14 bits per heavy atom. The number of β-amino-alcohol motifs (C(OH)–C–C–N with tert-alkyl or cyclic N) is 1. The number of nitrogens with one attached hydrogen (secondary N) is 1. The van der Waals surface area contributed by atoms with Crippen molar-refractivity contribution in [3.05, 3.63) is 18.0 Å². The summed E-state index contributed by atoms with van der Waals surface area (Å²) in [4.78, 5) is 0. The van der Waals surface area contributed by atoms with Gasteiger partial charge in [-0.05, 0) is 32.4 Å². The molecular formula is C10H17N3O. The summed E-state index contributed by atoms with van der Waals surface area (Å²) in [7, 11) is 0. The molecule has 1 aliphatic heterocycles. The highest BCUT2D eigenvalue weighted by Crippen LogP contribution is 2.17. The minimum atomic E-state index is -0.614. The molecule has 0 amide bonds. The third kappa shape index (κ3) is 2.13. The third-order valence-electron chi connectivity index (χ3n) is 2.68. The van der Waals surface area contributed by atoms with Crippen molar-refractivity contribution < 1.29 is 5.11 Å². The van der Waals surface area contributed by atoms with Crippen molar-refractivity contribution in [2.24, 2.45) is 0 Å². The van der Waals surface area contributed by atoms with Gasteiger partial charge in [-0.15, -0.1) is 0 Å². The van der Waals surface area contributed by atoms with Crippen LogP contribution >= 0.6 is 0 Å². The van der Waals surface area contributed by atoms with Crippen LogP contribution in [0.2, 0.25) is 0 Å². The van der Waals surface area contributed by atoms with Crippen molar-refractivity contribution in [1.82, 2.24) is 15.1 Å². The van der Waals surface area contributed by atoms with E-state index < -0.39 is 5.60 Å². The monoisotopic (exact) mass is 195 g/mol. The van der Waals surface area contributed by atoms with Gasteiger partial charge >= 0.3 is 0 Å². The lowest BCUT2D eigenvalue weighted by Crippen LogP contribution is -2.48. The molecule has 0 bridgehead atoms.